The normalized spacial score (nSPS) is 15.7. The second-order valence-corrected chi connectivity index (χ2v) is 6.27. The fourth-order valence-corrected chi connectivity index (χ4v) is 3.21. The summed E-state index contributed by atoms with van der Waals surface area (Å²) < 4.78 is 0. The van der Waals surface area contributed by atoms with E-state index in [1.54, 1.807) is 12.1 Å². The topological polar surface area (TPSA) is 95.5 Å². The van der Waals surface area contributed by atoms with E-state index in [0.717, 1.165) is 31.2 Å². The molecule has 24 heavy (non-hydrogen) atoms. The maximum absolute atomic E-state index is 12.4. The molecule has 2 amide bonds. The Balaban J connectivity index is 1.89. The number of aromatic carboxylic acids is 1. The Morgan fingerprint density at radius 1 is 1.25 bits per heavy atom. The summed E-state index contributed by atoms with van der Waals surface area (Å²) in [5.41, 5.74) is 1.09. The number of nitrogens with one attached hydrogen (secondary N) is 2. The molecule has 6 nitrogen and oxygen atoms in total. The number of hydrogen-bond acceptors (Lipinski definition) is 3. The Bertz CT molecular complexity index is 609. The number of carbonyl (C=O) groups excluding carboxylic acids is 2. The lowest BCUT2D eigenvalue weighted by molar-refractivity contribution is -0.129. The fraction of sp³-hybridized carbons (Fsp3) is 0.500. The number of carboxylic acid groups (broad SMARTS) is 1. The molecule has 130 valence electrons. The van der Waals surface area contributed by atoms with Crippen molar-refractivity contribution in [2.24, 2.45) is 5.92 Å². The van der Waals surface area contributed by atoms with Crippen molar-refractivity contribution in [1.29, 1.82) is 0 Å². The van der Waals surface area contributed by atoms with Gasteiger partial charge in [-0.05, 0) is 42.9 Å². The molecular weight excluding hydrogens is 308 g/mol. The summed E-state index contributed by atoms with van der Waals surface area (Å²) in [6.07, 6.45) is 4.65. The van der Waals surface area contributed by atoms with Crippen molar-refractivity contribution >= 4 is 17.8 Å². The highest BCUT2D eigenvalue weighted by atomic mass is 16.4. The predicted octanol–water partition coefficient (Wildman–Crippen LogP) is 1.74. The quantitative estimate of drug-likeness (QED) is 0.709. The van der Waals surface area contributed by atoms with Crippen LogP contribution in [0.3, 0.4) is 0 Å². The fourth-order valence-electron chi connectivity index (χ4n) is 3.21. The van der Waals surface area contributed by atoms with Crippen LogP contribution in [-0.4, -0.2) is 35.5 Å². The molecule has 6 heteroatoms. The zero-order valence-corrected chi connectivity index (χ0v) is 13.9. The molecule has 0 bridgehead atoms. The number of rotatable bonds is 7. The van der Waals surface area contributed by atoms with Gasteiger partial charge in [-0.3, -0.25) is 9.59 Å². The number of carboxylic acids is 1. The average Bonchev–Trinajstić information content (AvgIpc) is 3.06. The number of carbonyl (C=O) groups is 3. The Hall–Kier alpha value is -2.37. The van der Waals surface area contributed by atoms with Crippen LogP contribution in [0, 0.1) is 5.92 Å². The van der Waals surface area contributed by atoms with Gasteiger partial charge in [0.2, 0.25) is 11.8 Å². The Kier molecular flexibility index (Phi) is 6.35. The molecule has 0 saturated heterocycles. The zero-order valence-electron chi connectivity index (χ0n) is 13.9. The molecule has 0 aliphatic heterocycles. The minimum Gasteiger partial charge on any atom is -0.478 e. The van der Waals surface area contributed by atoms with E-state index in [4.69, 9.17) is 5.11 Å². The Morgan fingerprint density at radius 2 is 1.96 bits per heavy atom. The first-order chi connectivity index (χ1) is 11.5. The van der Waals surface area contributed by atoms with E-state index >= 15 is 0 Å². The molecule has 0 heterocycles. The molecule has 1 saturated carbocycles. The summed E-state index contributed by atoms with van der Waals surface area (Å²) in [6, 6.07) is 6.20. The molecular formula is C18H24N2O4. The Labute approximate surface area is 141 Å². The van der Waals surface area contributed by atoms with Crippen LogP contribution in [0.5, 0.6) is 0 Å². The van der Waals surface area contributed by atoms with Gasteiger partial charge in [0.05, 0.1) is 5.56 Å². The van der Waals surface area contributed by atoms with Crippen LogP contribution < -0.4 is 10.6 Å². The summed E-state index contributed by atoms with van der Waals surface area (Å²) >= 11 is 0. The molecule has 2 rings (SSSR count). The van der Waals surface area contributed by atoms with Crippen LogP contribution >= 0.6 is 0 Å². The Morgan fingerprint density at radius 3 is 2.58 bits per heavy atom. The molecule has 1 atom stereocenters. The third kappa shape index (κ3) is 5.08. The van der Waals surface area contributed by atoms with E-state index in [1.165, 1.54) is 13.0 Å². The van der Waals surface area contributed by atoms with Gasteiger partial charge < -0.3 is 15.7 Å². The predicted molar refractivity (Wildman–Crippen MR) is 89.7 cm³/mol. The second kappa shape index (κ2) is 8.47. The molecule has 1 unspecified atom stereocenters. The van der Waals surface area contributed by atoms with E-state index in [-0.39, 0.29) is 23.3 Å². The molecule has 0 radical (unpaired) electrons. The van der Waals surface area contributed by atoms with Crippen molar-refractivity contribution < 1.29 is 19.5 Å². The minimum absolute atomic E-state index is 0.161. The van der Waals surface area contributed by atoms with E-state index in [0.29, 0.717) is 13.0 Å². The van der Waals surface area contributed by atoms with E-state index in [9.17, 15) is 14.4 Å². The average molecular weight is 332 g/mol. The van der Waals surface area contributed by atoms with Gasteiger partial charge >= 0.3 is 5.97 Å². The summed E-state index contributed by atoms with van der Waals surface area (Å²) in [5.74, 6) is -1.13. The van der Waals surface area contributed by atoms with Crippen LogP contribution in [0.4, 0.5) is 0 Å². The van der Waals surface area contributed by atoms with Gasteiger partial charge in [-0.15, -0.1) is 0 Å². The highest BCUT2D eigenvalue weighted by Gasteiger charge is 2.30. The van der Waals surface area contributed by atoms with E-state index < -0.39 is 12.0 Å². The third-order valence-corrected chi connectivity index (χ3v) is 4.40. The summed E-state index contributed by atoms with van der Waals surface area (Å²) in [5, 5.41) is 14.6. The first-order valence-electron chi connectivity index (χ1n) is 8.34. The third-order valence-electron chi connectivity index (χ3n) is 4.40. The SMILES string of the molecule is CC(=O)NC(C(=O)NCCc1cccc(C(=O)O)c1)C1CCCC1. The van der Waals surface area contributed by atoms with Crippen LogP contribution in [0.1, 0.15) is 48.5 Å². The van der Waals surface area contributed by atoms with Gasteiger partial charge in [-0.1, -0.05) is 25.0 Å². The second-order valence-electron chi connectivity index (χ2n) is 6.27. The first kappa shape index (κ1) is 18.0. The first-order valence-corrected chi connectivity index (χ1v) is 8.34. The maximum Gasteiger partial charge on any atom is 0.335 e. The largest absolute Gasteiger partial charge is 0.478 e. The van der Waals surface area contributed by atoms with Gasteiger partial charge in [0.15, 0.2) is 0 Å². The lowest BCUT2D eigenvalue weighted by atomic mass is 9.97. The van der Waals surface area contributed by atoms with Crippen LogP contribution in [-0.2, 0) is 16.0 Å². The number of amides is 2. The van der Waals surface area contributed by atoms with Crippen LogP contribution in [0.25, 0.3) is 0 Å². The standard InChI is InChI=1S/C18H24N2O4/c1-12(21)20-16(14-6-2-3-7-14)17(22)19-10-9-13-5-4-8-15(11-13)18(23)24/h4-5,8,11,14,16H,2-3,6-7,9-10H2,1H3,(H,19,22)(H,20,21)(H,23,24). The lowest BCUT2D eigenvalue weighted by Crippen LogP contribution is -2.50. The van der Waals surface area contributed by atoms with E-state index in [1.807, 2.05) is 6.07 Å². The molecule has 1 aromatic rings. The van der Waals surface area contributed by atoms with Gasteiger partial charge in [0.1, 0.15) is 6.04 Å². The van der Waals surface area contributed by atoms with Crippen molar-refractivity contribution in [2.45, 2.75) is 45.1 Å². The van der Waals surface area contributed by atoms with E-state index in [2.05, 4.69) is 10.6 Å². The van der Waals surface area contributed by atoms with Crippen LogP contribution in [0.15, 0.2) is 24.3 Å². The molecule has 1 aromatic carbocycles. The van der Waals surface area contributed by atoms with Crippen molar-refractivity contribution in [3.05, 3.63) is 35.4 Å². The number of hydrogen-bond donors (Lipinski definition) is 3. The lowest BCUT2D eigenvalue weighted by Gasteiger charge is -2.23. The summed E-state index contributed by atoms with van der Waals surface area (Å²) in [4.78, 5) is 34.7. The monoisotopic (exact) mass is 332 g/mol. The van der Waals surface area contributed by atoms with Gasteiger partial charge in [-0.2, -0.15) is 0 Å². The van der Waals surface area contributed by atoms with Gasteiger partial charge in [0.25, 0.3) is 0 Å². The van der Waals surface area contributed by atoms with Crippen LogP contribution in [0.2, 0.25) is 0 Å². The molecule has 0 spiro atoms. The van der Waals surface area contributed by atoms with Crippen molar-refractivity contribution in [3.8, 4) is 0 Å². The van der Waals surface area contributed by atoms with Crippen molar-refractivity contribution in [2.75, 3.05) is 6.54 Å². The van der Waals surface area contributed by atoms with Gasteiger partial charge in [0, 0.05) is 13.5 Å². The summed E-state index contributed by atoms with van der Waals surface area (Å²) in [7, 11) is 0. The zero-order chi connectivity index (χ0) is 17.5. The van der Waals surface area contributed by atoms with Crippen molar-refractivity contribution in [3.63, 3.8) is 0 Å². The van der Waals surface area contributed by atoms with Crippen molar-refractivity contribution in [1.82, 2.24) is 10.6 Å². The molecule has 1 fully saturated rings. The molecule has 1 aliphatic rings. The minimum atomic E-state index is -0.965. The van der Waals surface area contributed by atoms with Gasteiger partial charge in [-0.25, -0.2) is 4.79 Å². The highest BCUT2D eigenvalue weighted by Crippen LogP contribution is 2.27. The number of benzene rings is 1. The molecule has 3 N–H and O–H groups in total. The molecule has 0 aromatic heterocycles. The molecule has 1 aliphatic carbocycles. The summed E-state index contributed by atoms with van der Waals surface area (Å²) in [6.45, 7) is 1.83. The highest BCUT2D eigenvalue weighted by molar-refractivity contribution is 5.88. The maximum atomic E-state index is 12.4. The smallest absolute Gasteiger partial charge is 0.335 e.